The molecule has 0 saturated carbocycles. The molecule has 0 aliphatic carbocycles. The van der Waals surface area contributed by atoms with E-state index in [0.717, 1.165) is 27.9 Å². The summed E-state index contributed by atoms with van der Waals surface area (Å²) in [5.41, 5.74) is 1.15. The van der Waals surface area contributed by atoms with E-state index in [0.29, 0.717) is 6.42 Å². The van der Waals surface area contributed by atoms with Crippen molar-refractivity contribution < 1.29 is 13.2 Å². The van der Waals surface area contributed by atoms with Gasteiger partial charge in [-0.25, -0.2) is 0 Å². The number of hydrogen-bond acceptors (Lipinski definition) is 2. The number of alkyl halides is 3. The van der Waals surface area contributed by atoms with Crippen LogP contribution < -0.4 is 5.32 Å². The van der Waals surface area contributed by atoms with Crippen LogP contribution in [-0.2, 0) is 19.6 Å². The molecule has 0 aliphatic heterocycles. The summed E-state index contributed by atoms with van der Waals surface area (Å²) in [5, 5.41) is 7.32. The van der Waals surface area contributed by atoms with Crippen LogP contribution in [0.15, 0.2) is 34.9 Å². The van der Waals surface area contributed by atoms with Crippen LogP contribution in [0.4, 0.5) is 13.2 Å². The van der Waals surface area contributed by atoms with Crippen molar-refractivity contribution in [1.82, 2.24) is 15.1 Å². The summed E-state index contributed by atoms with van der Waals surface area (Å²) >= 11 is 3.44. The third-order valence-corrected chi connectivity index (χ3v) is 3.95. The number of nitrogens with one attached hydrogen (secondary N) is 1. The molecule has 1 heterocycles. The molecule has 1 aromatic heterocycles. The monoisotopic (exact) mass is 361 g/mol. The summed E-state index contributed by atoms with van der Waals surface area (Å²) in [7, 11) is 3.64. The van der Waals surface area contributed by atoms with Gasteiger partial charge in [-0.3, -0.25) is 4.68 Å². The van der Waals surface area contributed by atoms with Gasteiger partial charge in [0.1, 0.15) is 0 Å². The molecule has 0 aliphatic rings. The van der Waals surface area contributed by atoms with Crippen LogP contribution in [0.25, 0.3) is 0 Å². The van der Waals surface area contributed by atoms with Gasteiger partial charge in [0.05, 0.1) is 28.0 Å². The molecule has 0 spiro atoms. The van der Waals surface area contributed by atoms with E-state index >= 15 is 0 Å². The lowest BCUT2D eigenvalue weighted by Crippen LogP contribution is -2.22. The fourth-order valence-corrected chi connectivity index (χ4v) is 2.84. The molecular formula is C14H15BrF3N3. The zero-order valence-electron chi connectivity index (χ0n) is 11.6. The maximum Gasteiger partial charge on any atom is 0.416 e. The minimum absolute atomic E-state index is 0.0383. The average molecular weight is 362 g/mol. The topological polar surface area (TPSA) is 29.9 Å². The largest absolute Gasteiger partial charge is 0.416 e. The molecule has 7 heteroatoms. The molecule has 0 bridgehead atoms. The highest BCUT2D eigenvalue weighted by molar-refractivity contribution is 9.10. The number of halogens is 4. The van der Waals surface area contributed by atoms with E-state index in [4.69, 9.17) is 0 Å². The predicted octanol–water partition coefficient (Wildman–Crippen LogP) is 3.70. The van der Waals surface area contributed by atoms with E-state index in [1.54, 1.807) is 10.9 Å². The van der Waals surface area contributed by atoms with Crippen LogP contribution >= 0.6 is 15.9 Å². The minimum atomic E-state index is -4.30. The molecule has 3 nitrogen and oxygen atoms in total. The van der Waals surface area contributed by atoms with Crippen LogP contribution in [-0.4, -0.2) is 16.8 Å². The van der Waals surface area contributed by atoms with Crippen molar-refractivity contribution in [2.75, 3.05) is 7.05 Å². The highest BCUT2D eigenvalue weighted by Crippen LogP contribution is 2.30. The summed E-state index contributed by atoms with van der Waals surface area (Å²) in [4.78, 5) is 0. The molecule has 1 aromatic carbocycles. The van der Waals surface area contributed by atoms with Crippen molar-refractivity contribution in [2.45, 2.75) is 18.6 Å². The Morgan fingerprint density at radius 3 is 2.33 bits per heavy atom. The van der Waals surface area contributed by atoms with Crippen molar-refractivity contribution in [3.05, 3.63) is 51.8 Å². The van der Waals surface area contributed by atoms with Gasteiger partial charge in [0.2, 0.25) is 0 Å². The lowest BCUT2D eigenvalue weighted by atomic mass is 10.0. The first-order valence-electron chi connectivity index (χ1n) is 6.33. The fourth-order valence-electron chi connectivity index (χ4n) is 2.21. The molecule has 114 valence electrons. The van der Waals surface area contributed by atoms with Crippen molar-refractivity contribution in [1.29, 1.82) is 0 Å². The van der Waals surface area contributed by atoms with Crippen LogP contribution in [0.2, 0.25) is 0 Å². The van der Waals surface area contributed by atoms with E-state index < -0.39 is 11.7 Å². The molecule has 21 heavy (non-hydrogen) atoms. The third kappa shape index (κ3) is 3.65. The van der Waals surface area contributed by atoms with Gasteiger partial charge in [-0.15, -0.1) is 0 Å². The highest BCUT2D eigenvalue weighted by Gasteiger charge is 2.30. The predicted molar refractivity (Wildman–Crippen MR) is 77.9 cm³/mol. The smallest absolute Gasteiger partial charge is 0.311 e. The Bertz CT molecular complexity index is 585. The molecule has 1 N–H and O–H groups in total. The normalized spacial score (nSPS) is 13.4. The SMILES string of the molecule is CNC(Cc1ccc(C(F)(F)F)cc1)c1c(Br)cnn1C. The van der Waals surface area contributed by atoms with Crippen LogP contribution in [0.1, 0.15) is 22.9 Å². The third-order valence-electron chi connectivity index (χ3n) is 3.34. The van der Waals surface area contributed by atoms with E-state index in [1.165, 1.54) is 12.1 Å². The molecule has 0 amide bonds. The van der Waals surface area contributed by atoms with Crippen molar-refractivity contribution >= 4 is 15.9 Å². The molecule has 1 atom stereocenters. The van der Waals surface area contributed by atoms with E-state index in [-0.39, 0.29) is 6.04 Å². The Morgan fingerprint density at radius 2 is 1.90 bits per heavy atom. The number of likely N-dealkylation sites (N-methyl/N-ethyl adjacent to an activating group) is 1. The van der Waals surface area contributed by atoms with Gasteiger partial charge in [-0.05, 0) is 47.1 Å². The zero-order chi connectivity index (χ0) is 15.6. The molecule has 0 saturated heterocycles. The number of aromatic nitrogens is 2. The minimum Gasteiger partial charge on any atom is -0.311 e. The number of rotatable bonds is 4. The van der Waals surface area contributed by atoms with Crippen molar-refractivity contribution in [3.8, 4) is 0 Å². The first kappa shape index (κ1) is 16.0. The standard InChI is InChI=1S/C14H15BrF3N3/c1-19-12(13-11(15)8-20-21(13)2)7-9-3-5-10(6-4-9)14(16,17)18/h3-6,8,12,19H,7H2,1-2H3. The number of hydrogen-bond donors (Lipinski definition) is 1. The zero-order valence-corrected chi connectivity index (χ0v) is 13.2. The lowest BCUT2D eigenvalue weighted by Gasteiger charge is -2.18. The second-order valence-electron chi connectivity index (χ2n) is 4.74. The second kappa shape index (κ2) is 6.19. The van der Waals surface area contributed by atoms with E-state index in [2.05, 4.69) is 26.3 Å². The second-order valence-corrected chi connectivity index (χ2v) is 5.60. The maximum atomic E-state index is 12.5. The lowest BCUT2D eigenvalue weighted by molar-refractivity contribution is -0.137. The molecule has 2 aromatic rings. The van der Waals surface area contributed by atoms with Gasteiger partial charge in [-0.2, -0.15) is 18.3 Å². The van der Waals surface area contributed by atoms with Gasteiger partial charge in [-0.1, -0.05) is 12.1 Å². The summed E-state index contributed by atoms with van der Waals surface area (Å²) in [6, 6.07) is 5.21. The summed E-state index contributed by atoms with van der Waals surface area (Å²) in [5.74, 6) is 0. The number of nitrogens with zero attached hydrogens (tertiary/aromatic N) is 2. The van der Waals surface area contributed by atoms with E-state index in [9.17, 15) is 13.2 Å². The number of aryl methyl sites for hydroxylation is 1. The van der Waals surface area contributed by atoms with Crippen LogP contribution in [0.3, 0.4) is 0 Å². The maximum absolute atomic E-state index is 12.5. The summed E-state index contributed by atoms with van der Waals surface area (Å²) in [6.07, 6.45) is -2.02. The first-order valence-corrected chi connectivity index (χ1v) is 7.13. The fraction of sp³-hybridized carbons (Fsp3) is 0.357. The van der Waals surface area contributed by atoms with Crippen molar-refractivity contribution in [2.24, 2.45) is 7.05 Å². The summed E-state index contributed by atoms with van der Waals surface area (Å²) in [6.45, 7) is 0. The average Bonchev–Trinajstić information content (AvgIpc) is 2.75. The van der Waals surface area contributed by atoms with Gasteiger partial charge in [0, 0.05) is 7.05 Å². The molecule has 1 unspecified atom stereocenters. The highest BCUT2D eigenvalue weighted by atomic mass is 79.9. The molecule has 2 rings (SSSR count). The quantitative estimate of drug-likeness (QED) is 0.899. The molecule has 0 fully saturated rings. The Hall–Kier alpha value is -1.34. The van der Waals surface area contributed by atoms with Gasteiger partial charge in [0.15, 0.2) is 0 Å². The number of benzene rings is 1. The van der Waals surface area contributed by atoms with Crippen molar-refractivity contribution in [3.63, 3.8) is 0 Å². The van der Waals surface area contributed by atoms with Gasteiger partial charge >= 0.3 is 6.18 Å². The van der Waals surface area contributed by atoms with Gasteiger partial charge < -0.3 is 5.32 Å². The Balaban J connectivity index is 2.20. The summed E-state index contributed by atoms with van der Waals surface area (Å²) < 4.78 is 40.3. The van der Waals surface area contributed by atoms with Crippen LogP contribution in [0, 0.1) is 0 Å². The van der Waals surface area contributed by atoms with E-state index in [1.807, 2.05) is 14.1 Å². The van der Waals surface area contributed by atoms with Gasteiger partial charge in [0.25, 0.3) is 0 Å². The Kier molecular flexibility index (Phi) is 4.73. The molecule has 0 radical (unpaired) electrons. The Morgan fingerprint density at radius 1 is 1.29 bits per heavy atom. The Labute approximate surface area is 129 Å². The molecular weight excluding hydrogens is 347 g/mol. The first-order chi connectivity index (χ1) is 9.82. The van der Waals surface area contributed by atoms with Crippen LogP contribution in [0.5, 0.6) is 0 Å².